The number of methoxy groups -OCH3 is 1. The van der Waals surface area contributed by atoms with E-state index in [0.29, 0.717) is 35.4 Å². The van der Waals surface area contributed by atoms with E-state index in [1.165, 1.54) is 7.11 Å². The van der Waals surface area contributed by atoms with Gasteiger partial charge in [0.1, 0.15) is 17.3 Å². The first-order chi connectivity index (χ1) is 17.5. The standard InChI is InChI=1S/C26H32ClN3O5S2/c1-7-22-28-24(30-37(31,32)19-11-8-17(9-12-19)26(2,3)4)23(25(29-22)34-14-15-36-6)35-21-16-18(33-5)10-13-20(21)27/h8-13,16H,7,14-15H2,1-6H3,(H,28,29,30). The second-order valence-electron chi connectivity index (χ2n) is 9.10. The van der Waals surface area contributed by atoms with E-state index in [9.17, 15) is 8.42 Å². The van der Waals surface area contributed by atoms with Crippen molar-refractivity contribution < 1.29 is 22.6 Å². The molecule has 0 aliphatic rings. The molecule has 0 unspecified atom stereocenters. The summed E-state index contributed by atoms with van der Waals surface area (Å²) in [5.74, 6) is 1.90. The van der Waals surface area contributed by atoms with Crippen LogP contribution in [0.3, 0.4) is 0 Å². The SMILES string of the molecule is CCc1nc(NS(=O)(=O)c2ccc(C(C)(C)C)cc2)c(Oc2cc(OC)ccc2Cl)c(OCCSC)n1. The molecule has 0 fully saturated rings. The Bertz CT molecular complexity index is 1330. The molecule has 0 bridgehead atoms. The van der Waals surface area contributed by atoms with Crippen molar-refractivity contribution in [1.82, 2.24) is 9.97 Å². The van der Waals surface area contributed by atoms with Crippen LogP contribution in [-0.4, -0.2) is 44.1 Å². The van der Waals surface area contributed by atoms with E-state index in [0.717, 1.165) is 5.56 Å². The van der Waals surface area contributed by atoms with Gasteiger partial charge in [-0.05, 0) is 41.5 Å². The van der Waals surface area contributed by atoms with E-state index in [1.54, 1.807) is 54.2 Å². The van der Waals surface area contributed by atoms with Gasteiger partial charge in [-0.1, -0.05) is 51.4 Å². The van der Waals surface area contributed by atoms with Gasteiger partial charge in [0.05, 0.1) is 23.6 Å². The number of aryl methyl sites for hydroxylation is 1. The van der Waals surface area contributed by atoms with Crippen LogP contribution in [0, 0.1) is 0 Å². The summed E-state index contributed by atoms with van der Waals surface area (Å²) in [7, 11) is -2.50. The molecule has 0 spiro atoms. The number of rotatable bonds is 11. The van der Waals surface area contributed by atoms with Crippen LogP contribution in [0.5, 0.6) is 23.1 Å². The molecule has 0 aliphatic heterocycles. The highest BCUT2D eigenvalue weighted by Gasteiger charge is 2.25. The lowest BCUT2D eigenvalue weighted by Gasteiger charge is -2.20. The number of thioether (sulfide) groups is 1. The average Bonchev–Trinajstić information content (AvgIpc) is 2.86. The molecule has 0 radical (unpaired) electrons. The van der Waals surface area contributed by atoms with E-state index < -0.39 is 10.0 Å². The van der Waals surface area contributed by atoms with E-state index in [-0.39, 0.29) is 33.5 Å². The van der Waals surface area contributed by atoms with Crippen molar-refractivity contribution >= 4 is 39.2 Å². The molecule has 0 atom stereocenters. The van der Waals surface area contributed by atoms with Crippen molar-refractivity contribution in [3.8, 4) is 23.1 Å². The van der Waals surface area contributed by atoms with Crippen LogP contribution >= 0.6 is 23.4 Å². The molecule has 11 heteroatoms. The fraction of sp³-hybridized carbons (Fsp3) is 0.385. The second-order valence-corrected chi connectivity index (χ2v) is 12.2. The molecule has 1 aromatic heterocycles. The minimum Gasteiger partial charge on any atom is -0.497 e. The number of anilines is 1. The Morgan fingerprint density at radius 1 is 1.08 bits per heavy atom. The first-order valence-corrected chi connectivity index (χ1v) is 14.9. The van der Waals surface area contributed by atoms with Crippen LogP contribution in [0.1, 0.15) is 39.1 Å². The molecule has 0 amide bonds. The van der Waals surface area contributed by atoms with Gasteiger partial charge in [-0.25, -0.2) is 13.4 Å². The van der Waals surface area contributed by atoms with Gasteiger partial charge < -0.3 is 14.2 Å². The normalized spacial score (nSPS) is 11.8. The number of halogens is 1. The molecule has 1 heterocycles. The summed E-state index contributed by atoms with van der Waals surface area (Å²) in [5, 5.41) is 0.294. The monoisotopic (exact) mass is 565 g/mol. The van der Waals surface area contributed by atoms with Crippen LogP contribution in [0.4, 0.5) is 5.82 Å². The number of nitrogens with zero attached hydrogens (tertiary/aromatic N) is 2. The van der Waals surface area contributed by atoms with E-state index in [4.69, 9.17) is 25.8 Å². The van der Waals surface area contributed by atoms with Crippen molar-refractivity contribution in [2.75, 3.05) is 30.4 Å². The lowest BCUT2D eigenvalue weighted by Crippen LogP contribution is -2.17. The third kappa shape index (κ3) is 7.43. The van der Waals surface area contributed by atoms with E-state index in [2.05, 4.69) is 35.5 Å². The van der Waals surface area contributed by atoms with Crippen LogP contribution in [-0.2, 0) is 21.9 Å². The van der Waals surface area contributed by atoms with Crippen molar-refractivity contribution in [2.45, 2.75) is 44.4 Å². The van der Waals surface area contributed by atoms with Gasteiger partial charge in [-0.2, -0.15) is 16.7 Å². The third-order valence-corrected chi connectivity index (χ3v) is 7.58. The predicted molar refractivity (Wildman–Crippen MR) is 149 cm³/mol. The number of sulfonamides is 1. The zero-order valence-corrected chi connectivity index (χ0v) is 24.2. The molecular formula is C26H32ClN3O5S2. The minimum absolute atomic E-state index is 0.00310. The number of benzene rings is 2. The molecule has 1 N–H and O–H groups in total. The average molecular weight is 566 g/mol. The van der Waals surface area contributed by atoms with Crippen LogP contribution < -0.4 is 18.9 Å². The summed E-state index contributed by atoms with van der Waals surface area (Å²) in [4.78, 5) is 8.98. The maximum atomic E-state index is 13.4. The Hall–Kier alpha value is -2.69. The number of aromatic nitrogens is 2. The van der Waals surface area contributed by atoms with Crippen molar-refractivity contribution in [1.29, 1.82) is 0 Å². The molecule has 0 aliphatic carbocycles. The summed E-state index contributed by atoms with van der Waals surface area (Å²) in [6, 6.07) is 11.6. The number of hydrogen-bond acceptors (Lipinski definition) is 8. The van der Waals surface area contributed by atoms with Gasteiger partial charge >= 0.3 is 0 Å². The van der Waals surface area contributed by atoms with Crippen LogP contribution in [0.15, 0.2) is 47.4 Å². The summed E-state index contributed by atoms with van der Waals surface area (Å²) in [6.07, 6.45) is 2.41. The maximum Gasteiger partial charge on any atom is 0.263 e. The molecule has 37 heavy (non-hydrogen) atoms. The maximum absolute atomic E-state index is 13.4. The molecule has 3 aromatic rings. The zero-order valence-electron chi connectivity index (χ0n) is 21.8. The van der Waals surface area contributed by atoms with Gasteiger partial charge in [-0.15, -0.1) is 0 Å². The lowest BCUT2D eigenvalue weighted by molar-refractivity contribution is 0.309. The highest BCUT2D eigenvalue weighted by molar-refractivity contribution is 7.98. The summed E-state index contributed by atoms with van der Waals surface area (Å²) < 4.78 is 46.6. The Kier molecular flexibility index (Phi) is 9.55. The van der Waals surface area contributed by atoms with Gasteiger partial charge in [0.15, 0.2) is 5.82 Å². The van der Waals surface area contributed by atoms with Gasteiger partial charge in [0, 0.05) is 18.2 Å². The highest BCUT2D eigenvalue weighted by Crippen LogP contribution is 2.41. The number of nitrogens with one attached hydrogen (secondary N) is 1. The smallest absolute Gasteiger partial charge is 0.263 e. The number of ether oxygens (including phenoxy) is 3. The molecular weight excluding hydrogens is 534 g/mol. The van der Waals surface area contributed by atoms with Crippen molar-refractivity contribution in [2.24, 2.45) is 0 Å². The second kappa shape index (κ2) is 12.2. The lowest BCUT2D eigenvalue weighted by atomic mass is 9.87. The van der Waals surface area contributed by atoms with Gasteiger partial charge in [0.2, 0.25) is 5.75 Å². The third-order valence-electron chi connectivity index (χ3n) is 5.34. The fourth-order valence-corrected chi connectivity index (χ4v) is 4.64. The van der Waals surface area contributed by atoms with Gasteiger partial charge in [0.25, 0.3) is 15.9 Å². The van der Waals surface area contributed by atoms with E-state index >= 15 is 0 Å². The molecule has 0 saturated carbocycles. The van der Waals surface area contributed by atoms with Crippen molar-refractivity contribution in [3.63, 3.8) is 0 Å². The summed E-state index contributed by atoms with van der Waals surface area (Å²) >= 11 is 7.97. The first kappa shape index (κ1) is 28.9. The van der Waals surface area contributed by atoms with Gasteiger partial charge in [-0.3, -0.25) is 4.72 Å². The molecule has 8 nitrogen and oxygen atoms in total. The summed E-state index contributed by atoms with van der Waals surface area (Å²) in [5.41, 5.74) is 0.904. The Labute approximate surface area is 228 Å². The number of hydrogen-bond donors (Lipinski definition) is 1. The topological polar surface area (TPSA) is 99.6 Å². The van der Waals surface area contributed by atoms with Crippen LogP contribution in [0.2, 0.25) is 5.02 Å². The Morgan fingerprint density at radius 3 is 2.38 bits per heavy atom. The summed E-state index contributed by atoms with van der Waals surface area (Å²) in [6.45, 7) is 8.39. The fourth-order valence-electron chi connectivity index (χ4n) is 3.23. The Morgan fingerprint density at radius 2 is 1.78 bits per heavy atom. The van der Waals surface area contributed by atoms with Crippen molar-refractivity contribution in [3.05, 3.63) is 58.9 Å². The molecule has 2 aromatic carbocycles. The first-order valence-electron chi connectivity index (χ1n) is 11.7. The zero-order chi connectivity index (χ0) is 27.2. The Balaban J connectivity index is 2.09. The molecule has 200 valence electrons. The minimum atomic E-state index is -4.02. The quantitative estimate of drug-likeness (QED) is 0.269. The van der Waals surface area contributed by atoms with Crippen LogP contribution in [0.25, 0.3) is 0 Å². The largest absolute Gasteiger partial charge is 0.497 e. The highest BCUT2D eigenvalue weighted by atomic mass is 35.5. The van der Waals surface area contributed by atoms with E-state index in [1.807, 2.05) is 13.2 Å². The molecule has 0 saturated heterocycles. The molecule has 3 rings (SSSR count). The predicted octanol–water partition coefficient (Wildman–Crippen LogP) is 6.33.